The summed E-state index contributed by atoms with van der Waals surface area (Å²) in [4.78, 5) is 12.6. The van der Waals surface area contributed by atoms with Gasteiger partial charge in [-0.2, -0.15) is 0 Å². The third-order valence-corrected chi connectivity index (χ3v) is 15.8. The summed E-state index contributed by atoms with van der Waals surface area (Å²) in [5.41, 5.74) is 0.124. The molecule has 1 rings (SSSR count). The standard InChI is InChI=1S/C24H45NO4Si2/c1-22(2,3)30(9,10)28-18-24(7,21(26)27-8)25-17-19-14-13-15-20(16-19)29-31(11,12)23(4,5)6/h13-16,25H,17-18H2,1-12H3. The molecule has 0 amide bonds. The maximum Gasteiger partial charge on any atom is 0.328 e. The van der Waals surface area contributed by atoms with Gasteiger partial charge in [-0.1, -0.05) is 53.7 Å². The smallest absolute Gasteiger partial charge is 0.328 e. The molecule has 0 saturated carbocycles. The molecule has 0 fully saturated rings. The van der Waals surface area contributed by atoms with Gasteiger partial charge in [0.25, 0.3) is 0 Å². The second-order valence-corrected chi connectivity index (χ2v) is 21.3. The summed E-state index contributed by atoms with van der Waals surface area (Å²) >= 11 is 0. The average molecular weight is 468 g/mol. The van der Waals surface area contributed by atoms with Gasteiger partial charge in [0, 0.05) is 6.54 Å². The number of benzene rings is 1. The molecular weight excluding hydrogens is 422 g/mol. The topological polar surface area (TPSA) is 56.8 Å². The number of hydrogen-bond acceptors (Lipinski definition) is 5. The normalized spacial score (nSPS) is 15.4. The summed E-state index contributed by atoms with van der Waals surface area (Å²) in [6.07, 6.45) is 0. The molecule has 0 bridgehead atoms. The van der Waals surface area contributed by atoms with Gasteiger partial charge in [-0.15, -0.1) is 0 Å². The molecule has 0 heterocycles. The summed E-state index contributed by atoms with van der Waals surface area (Å²) in [6.45, 7) is 24.8. The lowest BCUT2D eigenvalue weighted by molar-refractivity contribution is -0.149. The van der Waals surface area contributed by atoms with E-state index in [-0.39, 0.29) is 22.7 Å². The van der Waals surface area contributed by atoms with Crippen LogP contribution in [0, 0.1) is 0 Å². The van der Waals surface area contributed by atoms with Crippen molar-refractivity contribution in [1.82, 2.24) is 5.32 Å². The lowest BCUT2D eigenvalue weighted by Crippen LogP contribution is -2.56. The molecule has 1 aromatic carbocycles. The molecule has 1 unspecified atom stereocenters. The lowest BCUT2D eigenvalue weighted by Gasteiger charge is -2.39. The van der Waals surface area contributed by atoms with Crippen molar-refractivity contribution < 1.29 is 18.4 Å². The lowest BCUT2D eigenvalue weighted by atomic mass is 10.0. The molecule has 0 aliphatic carbocycles. The first-order valence-electron chi connectivity index (χ1n) is 11.1. The number of nitrogens with one attached hydrogen (secondary N) is 1. The molecular formula is C24H45NO4Si2. The van der Waals surface area contributed by atoms with Crippen molar-refractivity contribution in [3.63, 3.8) is 0 Å². The van der Waals surface area contributed by atoms with Crippen LogP contribution in [0.5, 0.6) is 5.75 Å². The van der Waals surface area contributed by atoms with Gasteiger partial charge in [0.1, 0.15) is 11.3 Å². The van der Waals surface area contributed by atoms with Crippen LogP contribution in [0.15, 0.2) is 24.3 Å². The Labute approximate surface area is 192 Å². The van der Waals surface area contributed by atoms with Crippen molar-refractivity contribution >= 4 is 22.6 Å². The maximum atomic E-state index is 12.6. The molecule has 178 valence electrons. The van der Waals surface area contributed by atoms with Gasteiger partial charge in [0.2, 0.25) is 8.32 Å². The van der Waals surface area contributed by atoms with E-state index in [4.69, 9.17) is 13.6 Å². The molecule has 1 N–H and O–H groups in total. The van der Waals surface area contributed by atoms with Gasteiger partial charge < -0.3 is 13.6 Å². The first-order valence-corrected chi connectivity index (χ1v) is 16.9. The zero-order valence-corrected chi connectivity index (χ0v) is 23.9. The van der Waals surface area contributed by atoms with Crippen LogP contribution in [0.2, 0.25) is 36.3 Å². The highest BCUT2D eigenvalue weighted by Crippen LogP contribution is 2.38. The van der Waals surface area contributed by atoms with Gasteiger partial charge in [0.05, 0.1) is 13.7 Å². The molecule has 0 spiro atoms. The molecule has 5 nitrogen and oxygen atoms in total. The zero-order chi connectivity index (χ0) is 24.3. The predicted octanol–water partition coefficient (Wildman–Crippen LogP) is 6.11. The minimum Gasteiger partial charge on any atom is -0.543 e. The SMILES string of the molecule is COC(=O)C(C)(CO[Si](C)(C)C(C)(C)C)NCc1cccc(O[Si](C)(C)C(C)(C)C)c1. The maximum absolute atomic E-state index is 12.6. The van der Waals surface area contributed by atoms with Crippen LogP contribution in [0.4, 0.5) is 0 Å². The van der Waals surface area contributed by atoms with Crippen LogP contribution >= 0.6 is 0 Å². The number of esters is 1. The number of carbonyl (C=O) groups is 1. The van der Waals surface area contributed by atoms with Crippen molar-refractivity contribution in [2.75, 3.05) is 13.7 Å². The summed E-state index contributed by atoms with van der Waals surface area (Å²) in [6, 6.07) is 8.10. The molecule has 7 heteroatoms. The van der Waals surface area contributed by atoms with Crippen molar-refractivity contribution in [3.05, 3.63) is 29.8 Å². The third-order valence-electron chi connectivity index (χ3n) is 6.92. The highest BCUT2D eigenvalue weighted by Gasteiger charge is 2.42. The fourth-order valence-electron chi connectivity index (χ4n) is 2.41. The van der Waals surface area contributed by atoms with Gasteiger partial charge in [0.15, 0.2) is 8.32 Å². The van der Waals surface area contributed by atoms with E-state index < -0.39 is 22.2 Å². The van der Waals surface area contributed by atoms with Crippen LogP contribution in [0.25, 0.3) is 0 Å². The Kier molecular flexibility index (Phi) is 8.79. The van der Waals surface area contributed by atoms with Crippen molar-refractivity contribution in [3.8, 4) is 5.75 Å². The molecule has 0 radical (unpaired) electrons. The first-order chi connectivity index (χ1) is 13.8. The minimum atomic E-state index is -2.00. The Bertz CT molecular complexity index is 751. The summed E-state index contributed by atoms with van der Waals surface area (Å²) in [5.74, 6) is 0.558. The zero-order valence-electron chi connectivity index (χ0n) is 21.9. The fourth-order valence-corrected chi connectivity index (χ4v) is 4.52. The van der Waals surface area contributed by atoms with E-state index in [9.17, 15) is 4.79 Å². The number of ether oxygens (including phenoxy) is 1. The molecule has 31 heavy (non-hydrogen) atoms. The first kappa shape index (κ1) is 27.9. The summed E-state index contributed by atoms with van der Waals surface area (Å²) in [7, 11) is -2.49. The number of rotatable bonds is 9. The molecule has 0 saturated heterocycles. The van der Waals surface area contributed by atoms with Crippen LogP contribution in [-0.4, -0.2) is 41.9 Å². The van der Waals surface area contributed by atoms with E-state index >= 15 is 0 Å². The molecule has 0 aliphatic heterocycles. The molecule has 0 aliphatic rings. The highest BCUT2D eigenvalue weighted by atomic mass is 28.4. The Morgan fingerprint density at radius 3 is 1.97 bits per heavy atom. The van der Waals surface area contributed by atoms with E-state index in [1.807, 2.05) is 25.1 Å². The molecule has 1 atom stereocenters. The largest absolute Gasteiger partial charge is 0.543 e. The minimum absolute atomic E-state index is 0.0689. The quantitative estimate of drug-likeness (QED) is 0.350. The van der Waals surface area contributed by atoms with Crippen LogP contribution in [-0.2, 0) is 20.5 Å². The predicted molar refractivity (Wildman–Crippen MR) is 135 cm³/mol. The second-order valence-electron chi connectivity index (χ2n) is 11.7. The molecule has 0 aromatic heterocycles. The van der Waals surface area contributed by atoms with Crippen LogP contribution in [0.1, 0.15) is 54.0 Å². The molecule has 1 aromatic rings. The van der Waals surface area contributed by atoms with Gasteiger partial charge >= 0.3 is 5.97 Å². The highest BCUT2D eigenvalue weighted by molar-refractivity contribution is 6.75. The number of carbonyl (C=O) groups excluding carboxylic acids is 1. The third kappa shape index (κ3) is 7.44. The Morgan fingerprint density at radius 1 is 0.935 bits per heavy atom. The number of hydrogen-bond donors (Lipinski definition) is 1. The van der Waals surface area contributed by atoms with Crippen molar-refractivity contribution in [2.45, 2.75) is 96.8 Å². The Morgan fingerprint density at radius 2 is 1.48 bits per heavy atom. The Hall–Kier alpha value is -1.16. The van der Waals surface area contributed by atoms with E-state index in [0.717, 1.165) is 11.3 Å². The van der Waals surface area contributed by atoms with Crippen molar-refractivity contribution in [1.29, 1.82) is 0 Å². The van der Waals surface area contributed by atoms with E-state index in [1.54, 1.807) is 0 Å². The van der Waals surface area contributed by atoms with Gasteiger partial charge in [-0.3, -0.25) is 5.32 Å². The summed E-state index contributed by atoms with van der Waals surface area (Å²) < 4.78 is 17.9. The summed E-state index contributed by atoms with van der Waals surface area (Å²) in [5, 5.41) is 3.59. The van der Waals surface area contributed by atoms with Gasteiger partial charge in [-0.05, 0) is 60.9 Å². The van der Waals surface area contributed by atoms with E-state index in [0.29, 0.717) is 6.54 Å². The van der Waals surface area contributed by atoms with Gasteiger partial charge in [-0.25, -0.2) is 4.79 Å². The van der Waals surface area contributed by atoms with E-state index in [1.165, 1.54) is 7.11 Å². The average Bonchev–Trinajstić information content (AvgIpc) is 2.62. The fraction of sp³-hybridized carbons (Fsp3) is 0.708. The Balaban J connectivity index is 2.96. The second kappa shape index (κ2) is 9.77. The van der Waals surface area contributed by atoms with Crippen molar-refractivity contribution in [2.24, 2.45) is 0 Å². The van der Waals surface area contributed by atoms with Crippen LogP contribution < -0.4 is 9.74 Å². The van der Waals surface area contributed by atoms with E-state index in [2.05, 4.69) is 79.1 Å². The number of methoxy groups -OCH3 is 1. The van der Waals surface area contributed by atoms with Crippen LogP contribution in [0.3, 0.4) is 0 Å². The monoisotopic (exact) mass is 467 g/mol.